The lowest BCUT2D eigenvalue weighted by molar-refractivity contribution is -0.141. The maximum atomic E-state index is 12.8. The first kappa shape index (κ1) is 20.7. The summed E-state index contributed by atoms with van der Waals surface area (Å²) in [7, 11) is -2.18. The van der Waals surface area contributed by atoms with Crippen LogP contribution < -0.4 is 4.80 Å². The molecule has 1 fully saturated rings. The topological polar surface area (TPSA) is 98.0 Å². The molecule has 28 heavy (non-hydrogen) atoms. The Kier molecular flexibility index (Phi) is 5.74. The van der Waals surface area contributed by atoms with Crippen LogP contribution in [0.3, 0.4) is 0 Å². The van der Waals surface area contributed by atoms with Crippen molar-refractivity contribution in [3.8, 4) is 0 Å². The Morgan fingerprint density at radius 1 is 1.32 bits per heavy atom. The second-order valence-corrected chi connectivity index (χ2v) is 9.87. The van der Waals surface area contributed by atoms with Crippen molar-refractivity contribution in [3.63, 3.8) is 0 Å². The molecule has 0 spiro atoms. The van der Waals surface area contributed by atoms with Crippen LogP contribution in [0.4, 0.5) is 0 Å². The predicted octanol–water partition coefficient (Wildman–Crippen LogP) is 1.34. The summed E-state index contributed by atoms with van der Waals surface area (Å²) in [6.07, 6.45) is 2.16. The molecule has 2 aromatic rings. The standard InChI is InChI=1S/C18H23N3O5S2/c1-11-8-12(2)16-14(9-11)20(10-15(22)26-3)18(27-16)19-17(23)13-6-5-7-21(13)28(4,24)25/h8-9,13H,5-7,10H2,1-4H3. The summed E-state index contributed by atoms with van der Waals surface area (Å²) < 4.78 is 32.5. The van der Waals surface area contributed by atoms with Gasteiger partial charge in [0, 0.05) is 6.54 Å². The number of fused-ring (bicyclic) bond motifs is 1. The van der Waals surface area contributed by atoms with Crippen molar-refractivity contribution < 1.29 is 22.7 Å². The van der Waals surface area contributed by atoms with Gasteiger partial charge in [-0.2, -0.15) is 9.30 Å². The van der Waals surface area contributed by atoms with E-state index in [1.54, 1.807) is 4.57 Å². The lowest BCUT2D eigenvalue weighted by atomic mass is 10.1. The molecule has 1 unspecified atom stereocenters. The molecule has 1 aliphatic rings. The van der Waals surface area contributed by atoms with E-state index in [-0.39, 0.29) is 6.54 Å². The first-order valence-electron chi connectivity index (χ1n) is 8.84. The van der Waals surface area contributed by atoms with Crippen LogP contribution in [0.15, 0.2) is 17.1 Å². The van der Waals surface area contributed by atoms with Gasteiger partial charge in [0.1, 0.15) is 12.6 Å². The fraction of sp³-hybridized carbons (Fsp3) is 0.500. The number of sulfonamides is 1. The van der Waals surface area contributed by atoms with Gasteiger partial charge in [-0.1, -0.05) is 17.4 Å². The number of aryl methyl sites for hydroxylation is 2. The van der Waals surface area contributed by atoms with Gasteiger partial charge in [-0.3, -0.25) is 9.59 Å². The van der Waals surface area contributed by atoms with Gasteiger partial charge >= 0.3 is 5.97 Å². The minimum absolute atomic E-state index is 0.0774. The van der Waals surface area contributed by atoms with Gasteiger partial charge in [-0.15, -0.1) is 0 Å². The van der Waals surface area contributed by atoms with Gasteiger partial charge in [-0.05, 0) is 43.9 Å². The van der Waals surface area contributed by atoms with E-state index in [0.29, 0.717) is 24.2 Å². The molecule has 8 nitrogen and oxygen atoms in total. The average molecular weight is 426 g/mol. The summed E-state index contributed by atoms with van der Waals surface area (Å²) in [6.45, 7) is 4.16. The van der Waals surface area contributed by atoms with E-state index in [1.807, 2.05) is 26.0 Å². The number of nitrogens with zero attached hydrogens (tertiary/aromatic N) is 3. The molecule has 0 bridgehead atoms. The number of carbonyl (C=O) groups is 2. The molecule has 1 atom stereocenters. The molecule has 1 amide bonds. The number of methoxy groups -OCH3 is 1. The van der Waals surface area contributed by atoms with Crippen molar-refractivity contribution in [1.82, 2.24) is 8.87 Å². The van der Waals surface area contributed by atoms with E-state index in [4.69, 9.17) is 4.74 Å². The zero-order valence-corrected chi connectivity index (χ0v) is 17.9. The number of ether oxygens (including phenoxy) is 1. The minimum Gasteiger partial charge on any atom is -0.468 e. The van der Waals surface area contributed by atoms with Gasteiger partial charge in [0.05, 0.1) is 23.6 Å². The van der Waals surface area contributed by atoms with Gasteiger partial charge in [0.2, 0.25) is 10.0 Å². The highest BCUT2D eigenvalue weighted by Gasteiger charge is 2.36. The lowest BCUT2D eigenvalue weighted by Gasteiger charge is -2.18. The van der Waals surface area contributed by atoms with Crippen LogP contribution >= 0.6 is 11.3 Å². The molecule has 0 radical (unpaired) electrons. The molecular formula is C18H23N3O5S2. The van der Waals surface area contributed by atoms with Crippen molar-refractivity contribution in [1.29, 1.82) is 0 Å². The number of hydrogen-bond donors (Lipinski definition) is 0. The second-order valence-electron chi connectivity index (χ2n) is 6.96. The number of carbonyl (C=O) groups excluding carboxylic acids is 2. The summed E-state index contributed by atoms with van der Waals surface area (Å²) in [5.74, 6) is -0.964. The van der Waals surface area contributed by atoms with Gasteiger partial charge < -0.3 is 9.30 Å². The molecule has 3 rings (SSSR count). The molecule has 0 N–H and O–H groups in total. The smallest absolute Gasteiger partial charge is 0.325 e. The molecule has 152 valence electrons. The number of benzene rings is 1. The van der Waals surface area contributed by atoms with Crippen LogP contribution in [-0.4, -0.2) is 55.1 Å². The van der Waals surface area contributed by atoms with Crippen molar-refractivity contribution in [2.45, 2.75) is 39.3 Å². The Morgan fingerprint density at radius 2 is 2.04 bits per heavy atom. The van der Waals surface area contributed by atoms with Crippen LogP contribution in [0.2, 0.25) is 0 Å². The zero-order valence-electron chi connectivity index (χ0n) is 16.3. The van der Waals surface area contributed by atoms with Gasteiger partial charge in [-0.25, -0.2) is 8.42 Å². The quantitative estimate of drug-likeness (QED) is 0.689. The van der Waals surface area contributed by atoms with E-state index >= 15 is 0 Å². The number of aromatic nitrogens is 1. The highest BCUT2D eigenvalue weighted by Crippen LogP contribution is 2.24. The summed E-state index contributed by atoms with van der Waals surface area (Å²) in [5.41, 5.74) is 2.84. The Morgan fingerprint density at radius 3 is 2.68 bits per heavy atom. The van der Waals surface area contributed by atoms with Crippen LogP contribution in [-0.2, 0) is 30.9 Å². The molecular weight excluding hydrogens is 402 g/mol. The van der Waals surface area contributed by atoms with Crippen molar-refractivity contribution in [2.75, 3.05) is 19.9 Å². The third-order valence-corrected chi connectivity index (χ3v) is 7.27. The van der Waals surface area contributed by atoms with Gasteiger partial charge in [0.15, 0.2) is 4.80 Å². The third-order valence-electron chi connectivity index (χ3n) is 4.75. The predicted molar refractivity (Wildman–Crippen MR) is 106 cm³/mol. The highest BCUT2D eigenvalue weighted by atomic mass is 32.2. The maximum absolute atomic E-state index is 12.8. The van der Waals surface area contributed by atoms with Crippen LogP contribution in [0, 0.1) is 13.8 Å². The largest absolute Gasteiger partial charge is 0.468 e. The summed E-state index contributed by atoms with van der Waals surface area (Å²) >= 11 is 1.31. The Balaban J connectivity index is 2.13. The summed E-state index contributed by atoms with van der Waals surface area (Å²) in [6, 6.07) is 3.16. The molecule has 1 aromatic carbocycles. The third kappa shape index (κ3) is 4.03. The second kappa shape index (κ2) is 7.76. The highest BCUT2D eigenvalue weighted by molar-refractivity contribution is 7.88. The number of hydrogen-bond acceptors (Lipinski definition) is 6. The molecule has 0 saturated carbocycles. The normalized spacial score (nSPS) is 18.7. The van der Waals surface area contributed by atoms with Crippen LogP contribution in [0.5, 0.6) is 0 Å². The van der Waals surface area contributed by atoms with Crippen molar-refractivity contribution in [3.05, 3.63) is 28.1 Å². The number of amides is 1. The average Bonchev–Trinajstić information content (AvgIpc) is 3.21. The first-order chi connectivity index (χ1) is 13.1. The lowest BCUT2D eigenvalue weighted by Crippen LogP contribution is -2.40. The van der Waals surface area contributed by atoms with Crippen molar-refractivity contribution in [2.24, 2.45) is 4.99 Å². The number of esters is 1. The Bertz CT molecular complexity index is 1110. The SMILES string of the molecule is COC(=O)Cn1c(=NC(=O)C2CCCN2S(C)(=O)=O)sc2c(C)cc(C)cc21. The minimum atomic E-state index is -3.48. The van der Waals surface area contributed by atoms with E-state index < -0.39 is 27.9 Å². The summed E-state index contributed by atoms with van der Waals surface area (Å²) in [4.78, 5) is 29.3. The molecule has 10 heteroatoms. The molecule has 2 heterocycles. The Labute approximate surface area is 167 Å². The zero-order chi connectivity index (χ0) is 20.6. The van der Waals surface area contributed by atoms with E-state index in [2.05, 4.69) is 4.99 Å². The number of thiazole rings is 1. The van der Waals surface area contributed by atoms with Crippen molar-refractivity contribution >= 4 is 43.5 Å². The molecule has 1 aromatic heterocycles. The fourth-order valence-electron chi connectivity index (χ4n) is 3.50. The van der Waals surface area contributed by atoms with E-state index in [0.717, 1.165) is 27.6 Å². The number of rotatable bonds is 4. The van der Waals surface area contributed by atoms with Crippen LogP contribution in [0.1, 0.15) is 24.0 Å². The summed E-state index contributed by atoms with van der Waals surface area (Å²) in [5, 5.41) is 0. The fourth-order valence-corrected chi connectivity index (χ4v) is 5.70. The first-order valence-corrected chi connectivity index (χ1v) is 11.5. The molecule has 1 saturated heterocycles. The van der Waals surface area contributed by atoms with E-state index in [1.165, 1.54) is 22.8 Å². The monoisotopic (exact) mass is 425 g/mol. The molecule has 1 aliphatic heterocycles. The maximum Gasteiger partial charge on any atom is 0.325 e. The Hall–Kier alpha value is -2.04. The van der Waals surface area contributed by atoms with Gasteiger partial charge in [0.25, 0.3) is 5.91 Å². The molecule has 0 aliphatic carbocycles. The van der Waals surface area contributed by atoms with E-state index in [9.17, 15) is 18.0 Å². The van der Waals surface area contributed by atoms with Crippen LogP contribution in [0.25, 0.3) is 10.2 Å².